The highest BCUT2D eigenvalue weighted by atomic mass is 16.5. The molecule has 2 rings (SSSR count). The summed E-state index contributed by atoms with van der Waals surface area (Å²) < 4.78 is 11.2. The van der Waals surface area contributed by atoms with Crippen LogP contribution >= 0.6 is 0 Å². The monoisotopic (exact) mass is 251 g/mol. The highest BCUT2D eigenvalue weighted by molar-refractivity contribution is 5.43. The van der Waals surface area contributed by atoms with E-state index in [0.717, 1.165) is 29.9 Å². The van der Waals surface area contributed by atoms with Crippen molar-refractivity contribution in [3.8, 4) is 11.5 Å². The smallest absolute Gasteiger partial charge is 0.161 e. The highest BCUT2D eigenvalue weighted by Gasteiger charge is 2.21. The standard InChI is InChI=1S/C14H21NO3/c1-15-9-12(16)10-6-7-13(17-2)14(8-10)18-11-4-3-5-11/h6-8,11-12,15-16H,3-5,9H2,1-2H3. The van der Waals surface area contributed by atoms with Gasteiger partial charge in [-0.05, 0) is 44.0 Å². The number of rotatable bonds is 6. The minimum atomic E-state index is -0.523. The predicted molar refractivity (Wildman–Crippen MR) is 70.1 cm³/mol. The Hall–Kier alpha value is -1.26. The first-order valence-electron chi connectivity index (χ1n) is 6.42. The van der Waals surface area contributed by atoms with E-state index in [1.807, 2.05) is 25.2 Å². The van der Waals surface area contributed by atoms with E-state index < -0.39 is 6.10 Å². The van der Waals surface area contributed by atoms with E-state index in [4.69, 9.17) is 9.47 Å². The molecule has 4 nitrogen and oxygen atoms in total. The molecule has 0 radical (unpaired) electrons. The van der Waals surface area contributed by atoms with Crippen LogP contribution in [0.2, 0.25) is 0 Å². The molecule has 1 saturated carbocycles. The van der Waals surface area contributed by atoms with Gasteiger partial charge in [-0.1, -0.05) is 6.07 Å². The zero-order valence-electron chi connectivity index (χ0n) is 11.0. The minimum absolute atomic E-state index is 0.301. The van der Waals surface area contributed by atoms with Crippen LogP contribution in [0.3, 0.4) is 0 Å². The predicted octanol–water partition coefficient (Wildman–Crippen LogP) is 1.88. The van der Waals surface area contributed by atoms with Gasteiger partial charge in [-0.3, -0.25) is 0 Å². The minimum Gasteiger partial charge on any atom is -0.493 e. The molecule has 1 aromatic rings. The molecule has 0 bridgehead atoms. The van der Waals surface area contributed by atoms with Gasteiger partial charge in [0, 0.05) is 6.54 Å². The maximum atomic E-state index is 9.95. The Labute approximate surface area is 108 Å². The average molecular weight is 251 g/mol. The van der Waals surface area contributed by atoms with E-state index in [9.17, 15) is 5.11 Å². The van der Waals surface area contributed by atoms with Crippen LogP contribution in [-0.4, -0.2) is 31.9 Å². The van der Waals surface area contributed by atoms with Crippen molar-refractivity contribution in [2.75, 3.05) is 20.7 Å². The molecule has 0 aliphatic heterocycles. The van der Waals surface area contributed by atoms with Crippen LogP contribution in [0, 0.1) is 0 Å². The summed E-state index contributed by atoms with van der Waals surface area (Å²) in [5.41, 5.74) is 0.847. The van der Waals surface area contributed by atoms with Gasteiger partial charge in [-0.2, -0.15) is 0 Å². The molecule has 1 unspecified atom stereocenters. The lowest BCUT2D eigenvalue weighted by atomic mass is 9.96. The van der Waals surface area contributed by atoms with Gasteiger partial charge in [0.05, 0.1) is 19.3 Å². The fourth-order valence-electron chi connectivity index (χ4n) is 1.97. The fraction of sp³-hybridized carbons (Fsp3) is 0.571. The van der Waals surface area contributed by atoms with Crippen LogP contribution in [0.25, 0.3) is 0 Å². The van der Waals surface area contributed by atoms with Crippen molar-refractivity contribution in [3.05, 3.63) is 23.8 Å². The summed E-state index contributed by atoms with van der Waals surface area (Å²) in [4.78, 5) is 0. The van der Waals surface area contributed by atoms with Gasteiger partial charge < -0.3 is 19.9 Å². The van der Waals surface area contributed by atoms with Gasteiger partial charge in [-0.25, -0.2) is 0 Å². The molecule has 1 fully saturated rings. The number of benzene rings is 1. The molecule has 0 spiro atoms. The number of aliphatic hydroxyl groups is 1. The summed E-state index contributed by atoms with van der Waals surface area (Å²) in [6, 6.07) is 5.59. The van der Waals surface area contributed by atoms with Crippen molar-refractivity contribution in [2.24, 2.45) is 0 Å². The van der Waals surface area contributed by atoms with Crippen molar-refractivity contribution < 1.29 is 14.6 Å². The molecule has 1 atom stereocenters. The molecule has 18 heavy (non-hydrogen) atoms. The number of methoxy groups -OCH3 is 1. The van der Waals surface area contributed by atoms with Crippen molar-refractivity contribution in [1.29, 1.82) is 0 Å². The van der Waals surface area contributed by atoms with Gasteiger partial charge in [0.2, 0.25) is 0 Å². The number of aliphatic hydroxyl groups excluding tert-OH is 1. The summed E-state index contributed by atoms with van der Waals surface area (Å²) >= 11 is 0. The normalized spacial score (nSPS) is 17.1. The molecule has 2 N–H and O–H groups in total. The largest absolute Gasteiger partial charge is 0.493 e. The van der Waals surface area contributed by atoms with Crippen LogP contribution in [0.5, 0.6) is 11.5 Å². The Bertz CT molecular complexity index is 391. The third kappa shape index (κ3) is 2.94. The molecule has 1 aromatic carbocycles. The summed E-state index contributed by atoms with van der Waals surface area (Å²) in [7, 11) is 3.45. The third-order valence-corrected chi connectivity index (χ3v) is 3.32. The SMILES string of the molecule is CNCC(O)c1ccc(OC)c(OC2CCC2)c1. The Balaban J connectivity index is 2.15. The highest BCUT2D eigenvalue weighted by Crippen LogP contribution is 2.34. The van der Waals surface area contributed by atoms with Gasteiger partial charge >= 0.3 is 0 Å². The van der Waals surface area contributed by atoms with Crippen LogP contribution in [-0.2, 0) is 0 Å². The summed E-state index contributed by atoms with van der Waals surface area (Å²) in [6.45, 7) is 0.523. The zero-order valence-corrected chi connectivity index (χ0v) is 11.0. The van der Waals surface area contributed by atoms with E-state index in [-0.39, 0.29) is 0 Å². The first-order valence-corrected chi connectivity index (χ1v) is 6.42. The maximum Gasteiger partial charge on any atom is 0.161 e. The number of nitrogens with one attached hydrogen (secondary N) is 1. The van der Waals surface area contributed by atoms with E-state index in [1.165, 1.54) is 6.42 Å². The Morgan fingerprint density at radius 3 is 2.72 bits per heavy atom. The zero-order chi connectivity index (χ0) is 13.0. The van der Waals surface area contributed by atoms with Crippen molar-refractivity contribution in [2.45, 2.75) is 31.5 Å². The lowest BCUT2D eigenvalue weighted by Gasteiger charge is -2.27. The molecule has 100 valence electrons. The number of likely N-dealkylation sites (N-methyl/N-ethyl adjacent to an activating group) is 1. The third-order valence-electron chi connectivity index (χ3n) is 3.32. The van der Waals surface area contributed by atoms with E-state index in [0.29, 0.717) is 12.6 Å². The van der Waals surface area contributed by atoms with Gasteiger partial charge in [-0.15, -0.1) is 0 Å². The topological polar surface area (TPSA) is 50.7 Å². The Morgan fingerprint density at radius 1 is 1.39 bits per heavy atom. The number of ether oxygens (including phenoxy) is 2. The molecular weight excluding hydrogens is 230 g/mol. The molecule has 1 aliphatic rings. The first-order chi connectivity index (χ1) is 8.74. The second-order valence-corrected chi connectivity index (χ2v) is 4.65. The van der Waals surface area contributed by atoms with Crippen LogP contribution < -0.4 is 14.8 Å². The van der Waals surface area contributed by atoms with E-state index in [1.54, 1.807) is 7.11 Å². The van der Waals surface area contributed by atoms with Gasteiger partial charge in [0.1, 0.15) is 0 Å². The van der Waals surface area contributed by atoms with E-state index >= 15 is 0 Å². The Morgan fingerprint density at radius 2 is 2.17 bits per heavy atom. The van der Waals surface area contributed by atoms with Crippen molar-refractivity contribution in [1.82, 2.24) is 5.32 Å². The van der Waals surface area contributed by atoms with Gasteiger partial charge in [0.15, 0.2) is 11.5 Å². The molecule has 4 heteroatoms. The molecule has 0 saturated heterocycles. The molecule has 0 amide bonds. The number of hydrogen-bond donors (Lipinski definition) is 2. The average Bonchev–Trinajstić information content (AvgIpc) is 2.34. The van der Waals surface area contributed by atoms with Crippen molar-refractivity contribution >= 4 is 0 Å². The van der Waals surface area contributed by atoms with Gasteiger partial charge in [0.25, 0.3) is 0 Å². The summed E-state index contributed by atoms with van der Waals surface area (Å²) in [5.74, 6) is 1.46. The van der Waals surface area contributed by atoms with Crippen LogP contribution in [0.15, 0.2) is 18.2 Å². The fourth-order valence-corrected chi connectivity index (χ4v) is 1.97. The lowest BCUT2D eigenvalue weighted by Crippen LogP contribution is -2.25. The van der Waals surface area contributed by atoms with E-state index in [2.05, 4.69) is 5.32 Å². The molecule has 1 aliphatic carbocycles. The second-order valence-electron chi connectivity index (χ2n) is 4.65. The Kier molecular flexibility index (Phi) is 4.44. The van der Waals surface area contributed by atoms with Crippen molar-refractivity contribution in [3.63, 3.8) is 0 Å². The summed E-state index contributed by atoms with van der Waals surface area (Å²) in [5, 5.41) is 12.9. The number of hydrogen-bond acceptors (Lipinski definition) is 4. The molecule has 0 aromatic heterocycles. The first kappa shape index (κ1) is 13.2. The lowest BCUT2D eigenvalue weighted by molar-refractivity contribution is 0.115. The van der Waals surface area contributed by atoms with Crippen LogP contribution in [0.1, 0.15) is 30.9 Å². The molecular formula is C14H21NO3. The molecule has 0 heterocycles. The van der Waals surface area contributed by atoms with Crippen LogP contribution in [0.4, 0.5) is 0 Å². The quantitative estimate of drug-likeness (QED) is 0.810. The summed E-state index contributed by atoms with van der Waals surface area (Å²) in [6.07, 6.45) is 3.22. The second kappa shape index (κ2) is 6.07. The maximum absolute atomic E-state index is 9.95.